The minimum Gasteiger partial charge on any atom is -0.484 e. The van der Waals surface area contributed by atoms with Crippen molar-refractivity contribution in [3.63, 3.8) is 0 Å². The van der Waals surface area contributed by atoms with Crippen molar-refractivity contribution in [2.45, 2.75) is 26.3 Å². The summed E-state index contributed by atoms with van der Waals surface area (Å²) in [5.74, 6) is 0.329. The van der Waals surface area contributed by atoms with Crippen molar-refractivity contribution in [3.8, 4) is 5.75 Å². The molecular formula is C20H24N2O4. The largest absolute Gasteiger partial charge is 0.484 e. The Morgan fingerprint density at radius 2 is 1.77 bits per heavy atom. The number of hydrogen-bond acceptors (Lipinski definition) is 4. The second-order valence-electron chi connectivity index (χ2n) is 6.60. The van der Waals surface area contributed by atoms with Crippen LogP contribution in [0.2, 0.25) is 0 Å². The molecule has 0 spiro atoms. The Bertz CT molecular complexity index is 744. The summed E-state index contributed by atoms with van der Waals surface area (Å²) < 4.78 is 10.6. The van der Waals surface area contributed by atoms with Gasteiger partial charge in [-0.25, -0.2) is 4.79 Å². The van der Waals surface area contributed by atoms with Gasteiger partial charge in [0.25, 0.3) is 5.91 Å². The molecule has 0 saturated carbocycles. The van der Waals surface area contributed by atoms with Crippen LogP contribution in [0.15, 0.2) is 54.6 Å². The van der Waals surface area contributed by atoms with Gasteiger partial charge in [0.2, 0.25) is 0 Å². The Morgan fingerprint density at radius 1 is 1.04 bits per heavy atom. The van der Waals surface area contributed by atoms with Gasteiger partial charge in [0.1, 0.15) is 12.4 Å². The lowest BCUT2D eigenvalue weighted by Crippen LogP contribution is -2.49. The maximum Gasteiger partial charge on any atom is 0.411 e. The Balaban J connectivity index is 1.74. The van der Waals surface area contributed by atoms with Crippen molar-refractivity contribution in [1.29, 1.82) is 0 Å². The second-order valence-corrected chi connectivity index (χ2v) is 6.60. The van der Waals surface area contributed by atoms with E-state index in [0.717, 1.165) is 5.56 Å². The molecule has 0 heterocycles. The van der Waals surface area contributed by atoms with Gasteiger partial charge in [-0.3, -0.25) is 10.1 Å². The molecule has 0 saturated heterocycles. The zero-order chi connectivity index (χ0) is 19.0. The van der Waals surface area contributed by atoms with Gasteiger partial charge < -0.3 is 14.8 Å². The quantitative estimate of drug-likeness (QED) is 0.796. The molecule has 6 heteroatoms. The average Bonchev–Trinajstić information content (AvgIpc) is 2.59. The van der Waals surface area contributed by atoms with Gasteiger partial charge in [-0.1, -0.05) is 30.3 Å². The van der Waals surface area contributed by atoms with Crippen molar-refractivity contribution in [2.24, 2.45) is 0 Å². The van der Waals surface area contributed by atoms with Gasteiger partial charge in [-0.15, -0.1) is 0 Å². The van der Waals surface area contributed by atoms with Crippen LogP contribution in [0.3, 0.4) is 0 Å². The summed E-state index contributed by atoms with van der Waals surface area (Å²) in [5.41, 5.74) is 0.975. The molecule has 2 amide bonds. The number of ether oxygens (including phenoxy) is 2. The lowest BCUT2D eigenvalue weighted by molar-refractivity contribution is -0.125. The van der Waals surface area contributed by atoms with Crippen molar-refractivity contribution >= 4 is 17.7 Å². The molecule has 2 rings (SSSR count). The molecule has 2 aromatic carbocycles. The fourth-order valence-corrected chi connectivity index (χ4v) is 2.24. The van der Waals surface area contributed by atoms with Crippen LogP contribution in [0.1, 0.15) is 19.4 Å². The molecule has 6 nitrogen and oxygen atoms in total. The van der Waals surface area contributed by atoms with E-state index >= 15 is 0 Å². The molecule has 26 heavy (non-hydrogen) atoms. The van der Waals surface area contributed by atoms with Gasteiger partial charge in [0.05, 0.1) is 5.54 Å². The molecule has 2 N–H and O–H groups in total. The Hall–Kier alpha value is -3.02. The first-order valence-corrected chi connectivity index (χ1v) is 8.33. The summed E-state index contributed by atoms with van der Waals surface area (Å²) in [6.45, 7) is 5.40. The van der Waals surface area contributed by atoms with E-state index < -0.39 is 11.6 Å². The Labute approximate surface area is 153 Å². The lowest BCUT2D eigenvalue weighted by Gasteiger charge is -2.25. The van der Waals surface area contributed by atoms with E-state index in [1.54, 1.807) is 32.0 Å². The molecule has 0 fully saturated rings. The predicted octanol–water partition coefficient (Wildman–Crippen LogP) is 3.52. The number of aryl methyl sites for hydroxylation is 1. The van der Waals surface area contributed by atoms with Gasteiger partial charge in [0.15, 0.2) is 6.61 Å². The molecule has 0 aliphatic carbocycles. The van der Waals surface area contributed by atoms with Crippen LogP contribution in [0.4, 0.5) is 10.5 Å². The molecule has 2 aromatic rings. The number of anilines is 1. The van der Waals surface area contributed by atoms with E-state index in [1.807, 2.05) is 43.3 Å². The molecule has 0 aliphatic heterocycles. The number of hydrogen-bond donors (Lipinski definition) is 2. The molecule has 0 bridgehead atoms. The number of amides is 2. The van der Waals surface area contributed by atoms with E-state index in [0.29, 0.717) is 11.4 Å². The number of carbonyl (C=O) groups excluding carboxylic acids is 2. The van der Waals surface area contributed by atoms with Crippen LogP contribution in [0.5, 0.6) is 5.75 Å². The van der Waals surface area contributed by atoms with Gasteiger partial charge in [-0.2, -0.15) is 0 Å². The van der Waals surface area contributed by atoms with Crippen LogP contribution in [0.25, 0.3) is 0 Å². The number of rotatable bonds is 7. The maximum atomic E-state index is 12.0. The number of nitrogens with one attached hydrogen (secondary N) is 2. The molecule has 0 atom stereocenters. The fraction of sp³-hybridized carbons (Fsp3) is 0.300. The monoisotopic (exact) mass is 356 g/mol. The first-order valence-electron chi connectivity index (χ1n) is 8.33. The standard InChI is InChI=1S/C20H24N2O4/c1-15-8-7-9-16(12-15)21-19(24)26-14-20(2,3)22-18(23)13-25-17-10-5-4-6-11-17/h4-12H,13-14H2,1-3H3,(H,21,24)(H,22,23). The number of para-hydroxylation sites is 1. The molecule has 0 unspecified atom stereocenters. The summed E-state index contributed by atoms with van der Waals surface area (Å²) in [4.78, 5) is 23.9. The first-order chi connectivity index (χ1) is 12.3. The van der Waals surface area contributed by atoms with E-state index in [-0.39, 0.29) is 19.1 Å². The summed E-state index contributed by atoms with van der Waals surface area (Å²) in [5, 5.41) is 5.44. The highest BCUT2D eigenvalue weighted by Gasteiger charge is 2.23. The highest BCUT2D eigenvalue weighted by Crippen LogP contribution is 2.11. The molecular weight excluding hydrogens is 332 g/mol. The lowest BCUT2D eigenvalue weighted by atomic mass is 10.1. The Kier molecular flexibility index (Phi) is 6.60. The van der Waals surface area contributed by atoms with Gasteiger partial charge in [0, 0.05) is 5.69 Å². The summed E-state index contributed by atoms with van der Waals surface area (Å²) in [7, 11) is 0. The minimum atomic E-state index is -0.721. The third-order valence-electron chi connectivity index (χ3n) is 3.42. The second kappa shape index (κ2) is 8.89. The number of benzene rings is 2. The predicted molar refractivity (Wildman–Crippen MR) is 100 cm³/mol. The molecule has 138 valence electrons. The van der Waals surface area contributed by atoms with E-state index in [4.69, 9.17) is 9.47 Å². The number of carbonyl (C=O) groups is 2. The van der Waals surface area contributed by atoms with Crippen molar-refractivity contribution in [3.05, 3.63) is 60.2 Å². The van der Waals surface area contributed by atoms with Crippen LogP contribution < -0.4 is 15.4 Å². The summed E-state index contributed by atoms with van der Waals surface area (Å²) >= 11 is 0. The smallest absolute Gasteiger partial charge is 0.411 e. The Morgan fingerprint density at radius 3 is 2.46 bits per heavy atom. The zero-order valence-electron chi connectivity index (χ0n) is 15.2. The third-order valence-corrected chi connectivity index (χ3v) is 3.42. The van der Waals surface area contributed by atoms with Crippen LogP contribution in [-0.2, 0) is 9.53 Å². The molecule has 0 aliphatic rings. The fourth-order valence-electron chi connectivity index (χ4n) is 2.24. The van der Waals surface area contributed by atoms with Crippen LogP contribution in [-0.4, -0.2) is 30.8 Å². The van der Waals surface area contributed by atoms with Crippen molar-refractivity contribution in [1.82, 2.24) is 5.32 Å². The average molecular weight is 356 g/mol. The third kappa shape index (κ3) is 6.84. The maximum absolute atomic E-state index is 12.0. The van der Waals surface area contributed by atoms with Crippen molar-refractivity contribution < 1.29 is 19.1 Å². The van der Waals surface area contributed by atoms with E-state index in [9.17, 15) is 9.59 Å². The zero-order valence-corrected chi connectivity index (χ0v) is 15.2. The first kappa shape index (κ1) is 19.3. The van der Waals surface area contributed by atoms with Gasteiger partial charge in [-0.05, 0) is 50.6 Å². The van der Waals surface area contributed by atoms with Gasteiger partial charge >= 0.3 is 6.09 Å². The van der Waals surface area contributed by atoms with Crippen LogP contribution >= 0.6 is 0 Å². The van der Waals surface area contributed by atoms with E-state index in [2.05, 4.69) is 10.6 Å². The topological polar surface area (TPSA) is 76.7 Å². The van der Waals surface area contributed by atoms with E-state index in [1.165, 1.54) is 0 Å². The van der Waals surface area contributed by atoms with Crippen LogP contribution in [0, 0.1) is 6.92 Å². The highest BCUT2D eigenvalue weighted by atomic mass is 16.5. The van der Waals surface area contributed by atoms with Crippen molar-refractivity contribution in [2.75, 3.05) is 18.5 Å². The highest BCUT2D eigenvalue weighted by molar-refractivity contribution is 5.84. The molecule has 0 aromatic heterocycles. The summed E-state index contributed by atoms with van der Waals surface area (Å²) in [6.07, 6.45) is -0.571. The molecule has 0 radical (unpaired) electrons. The summed E-state index contributed by atoms with van der Waals surface area (Å²) in [6, 6.07) is 16.5. The normalized spacial score (nSPS) is 10.7. The minimum absolute atomic E-state index is 0.0295. The SMILES string of the molecule is Cc1cccc(NC(=O)OCC(C)(C)NC(=O)COc2ccccc2)c1.